The summed E-state index contributed by atoms with van der Waals surface area (Å²) in [5.74, 6) is 0.735. The van der Waals surface area contributed by atoms with Gasteiger partial charge in [0.05, 0.1) is 17.9 Å². The van der Waals surface area contributed by atoms with E-state index >= 15 is 0 Å². The molecule has 0 atom stereocenters. The van der Waals surface area contributed by atoms with Crippen LogP contribution in [-0.2, 0) is 11.3 Å². The number of amides is 1. The van der Waals surface area contributed by atoms with Crippen molar-refractivity contribution in [3.63, 3.8) is 0 Å². The van der Waals surface area contributed by atoms with E-state index in [9.17, 15) is 4.79 Å². The number of carbonyl (C=O) groups excluding carboxylic acids is 1. The summed E-state index contributed by atoms with van der Waals surface area (Å²) in [6, 6.07) is 13.7. The molecule has 0 bridgehead atoms. The first kappa shape index (κ1) is 18.1. The zero-order chi connectivity index (χ0) is 19.0. The van der Waals surface area contributed by atoms with Crippen LogP contribution in [0.2, 0.25) is 5.02 Å². The fourth-order valence-corrected chi connectivity index (χ4v) is 3.91. The van der Waals surface area contributed by atoms with E-state index in [1.165, 1.54) is 0 Å². The van der Waals surface area contributed by atoms with Gasteiger partial charge in [-0.05, 0) is 43.7 Å². The monoisotopic (exact) mass is 385 g/mol. The predicted octanol–water partition coefficient (Wildman–Crippen LogP) is 3.45. The fraction of sp³-hybridized carbons (Fsp3) is 0.381. The topological polar surface area (TPSA) is 44.8 Å². The van der Waals surface area contributed by atoms with E-state index in [1.54, 1.807) is 0 Å². The molecule has 1 fully saturated rings. The van der Waals surface area contributed by atoms with Crippen LogP contribution in [-0.4, -0.2) is 37.7 Å². The van der Waals surface area contributed by atoms with Gasteiger partial charge in [-0.25, -0.2) is 0 Å². The smallest absolute Gasteiger partial charge is 0.271 e. The van der Waals surface area contributed by atoms with Crippen molar-refractivity contribution in [3.8, 4) is 5.75 Å². The summed E-state index contributed by atoms with van der Waals surface area (Å²) < 4.78 is 6.23. The average Bonchev–Trinajstić information content (AvgIpc) is 2.66. The third-order valence-electron chi connectivity index (χ3n) is 5.07. The van der Waals surface area contributed by atoms with Crippen molar-refractivity contribution in [2.45, 2.75) is 26.0 Å². The average molecular weight is 386 g/mol. The summed E-state index contributed by atoms with van der Waals surface area (Å²) in [5, 5.41) is 4.04. The lowest BCUT2D eigenvalue weighted by Gasteiger charge is -2.41. The second kappa shape index (κ2) is 7.06. The molecule has 2 aromatic carbocycles. The minimum absolute atomic E-state index is 0.0487. The van der Waals surface area contributed by atoms with Gasteiger partial charge in [0.15, 0.2) is 11.4 Å². The molecular formula is C21H24ClN3O2. The van der Waals surface area contributed by atoms with E-state index in [-0.39, 0.29) is 5.91 Å². The molecule has 0 aromatic heterocycles. The number of fused-ring (bicyclic) bond motifs is 1. The number of nitrogens with zero attached hydrogens (tertiary/aromatic N) is 2. The Balaban J connectivity index is 1.76. The van der Waals surface area contributed by atoms with Crippen molar-refractivity contribution in [3.05, 3.63) is 53.1 Å². The highest BCUT2D eigenvalue weighted by molar-refractivity contribution is 6.30. The van der Waals surface area contributed by atoms with Crippen LogP contribution in [0.5, 0.6) is 5.75 Å². The number of hydrogen-bond acceptors (Lipinski definition) is 4. The molecule has 0 spiro atoms. The van der Waals surface area contributed by atoms with Crippen LogP contribution < -0.4 is 19.9 Å². The molecule has 0 saturated carbocycles. The van der Waals surface area contributed by atoms with Crippen LogP contribution in [0.4, 0.5) is 11.4 Å². The molecule has 5 nitrogen and oxygen atoms in total. The van der Waals surface area contributed by atoms with Crippen LogP contribution >= 0.6 is 11.6 Å². The van der Waals surface area contributed by atoms with E-state index in [0.29, 0.717) is 11.6 Å². The summed E-state index contributed by atoms with van der Waals surface area (Å²) in [4.78, 5) is 17.3. The first-order chi connectivity index (χ1) is 13.0. The van der Waals surface area contributed by atoms with Crippen molar-refractivity contribution in [1.29, 1.82) is 0 Å². The third kappa shape index (κ3) is 3.49. The zero-order valence-corrected chi connectivity index (χ0v) is 16.4. The van der Waals surface area contributed by atoms with Gasteiger partial charge in [0.1, 0.15) is 0 Å². The van der Waals surface area contributed by atoms with Gasteiger partial charge in [-0.15, -0.1) is 0 Å². The second-order valence-electron chi connectivity index (χ2n) is 7.50. The van der Waals surface area contributed by atoms with Gasteiger partial charge < -0.3 is 19.9 Å². The number of benzene rings is 2. The van der Waals surface area contributed by atoms with Crippen LogP contribution in [0.1, 0.15) is 19.4 Å². The Morgan fingerprint density at radius 3 is 2.56 bits per heavy atom. The molecule has 27 heavy (non-hydrogen) atoms. The Kier molecular flexibility index (Phi) is 4.74. The molecule has 0 radical (unpaired) electrons. The molecule has 0 unspecified atom stereocenters. The first-order valence-electron chi connectivity index (χ1n) is 9.30. The Morgan fingerprint density at radius 1 is 1.11 bits per heavy atom. The number of rotatable bonds is 3. The van der Waals surface area contributed by atoms with Crippen LogP contribution in [0, 0.1) is 0 Å². The molecule has 2 heterocycles. The maximum Gasteiger partial charge on any atom is 0.271 e. The number of halogens is 1. The van der Waals surface area contributed by atoms with Crippen molar-refractivity contribution >= 4 is 28.9 Å². The Labute approximate surface area is 164 Å². The van der Waals surface area contributed by atoms with Crippen molar-refractivity contribution in [2.24, 2.45) is 0 Å². The Bertz CT molecular complexity index is 862. The standard InChI is InChI=1S/C21H24ClN3O2/c1-21(2)20(26)25(14-15-5-3-6-16(22)13-15)18-8-4-7-17(19(18)27-21)24-11-9-23-10-12-24/h3-8,13,23H,9-12,14H2,1-2H3. The maximum absolute atomic E-state index is 13.1. The molecule has 4 rings (SSSR count). The lowest BCUT2D eigenvalue weighted by molar-refractivity contribution is -0.132. The molecule has 1 amide bonds. The van der Waals surface area contributed by atoms with E-state index in [1.807, 2.05) is 55.1 Å². The number of ether oxygens (including phenoxy) is 1. The molecule has 1 saturated heterocycles. The van der Waals surface area contributed by atoms with E-state index in [0.717, 1.165) is 48.9 Å². The normalized spacial score (nSPS) is 18.9. The molecular weight excluding hydrogens is 362 g/mol. The summed E-state index contributed by atoms with van der Waals surface area (Å²) in [7, 11) is 0. The maximum atomic E-state index is 13.1. The number of piperazine rings is 1. The minimum Gasteiger partial charge on any atom is -0.474 e. The third-order valence-corrected chi connectivity index (χ3v) is 5.30. The van der Waals surface area contributed by atoms with Gasteiger partial charge in [0.2, 0.25) is 0 Å². The highest BCUT2D eigenvalue weighted by Crippen LogP contribution is 2.45. The Morgan fingerprint density at radius 2 is 1.81 bits per heavy atom. The van der Waals surface area contributed by atoms with Gasteiger partial charge in [-0.3, -0.25) is 4.79 Å². The summed E-state index contributed by atoms with van der Waals surface area (Å²) in [6.45, 7) is 7.85. The van der Waals surface area contributed by atoms with Crippen LogP contribution in [0.15, 0.2) is 42.5 Å². The van der Waals surface area contributed by atoms with Crippen LogP contribution in [0.3, 0.4) is 0 Å². The highest BCUT2D eigenvalue weighted by Gasteiger charge is 2.42. The van der Waals surface area contributed by atoms with Gasteiger partial charge in [-0.1, -0.05) is 29.8 Å². The largest absolute Gasteiger partial charge is 0.474 e. The van der Waals surface area contributed by atoms with Gasteiger partial charge in [0, 0.05) is 31.2 Å². The molecule has 142 valence electrons. The lowest BCUT2D eigenvalue weighted by atomic mass is 10.0. The summed E-state index contributed by atoms with van der Waals surface area (Å²) in [6.07, 6.45) is 0. The number of hydrogen-bond donors (Lipinski definition) is 1. The second-order valence-corrected chi connectivity index (χ2v) is 7.93. The minimum atomic E-state index is -0.921. The van der Waals surface area contributed by atoms with E-state index in [4.69, 9.17) is 16.3 Å². The Hall–Kier alpha value is -2.24. The van der Waals surface area contributed by atoms with Gasteiger partial charge >= 0.3 is 0 Å². The van der Waals surface area contributed by atoms with Crippen molar-refractivity contribution in [1.82, 2.24) is 5.32 Å². The zero-order valence-electron chi connectivity index (χ0n) is 15.7. The van der Waals surface area contributed by atoms with Gasteiger partial charge in [-0.2, -0.15) is 0 Å². The molecule has 6 heteroatoms. The van der Waals surface area contributed by atoms with Gasteiger partial charge in [0.25, 0.3) is 5.91 Å². The molecule has 2 aliphatic heterocycles. The van der Waals surface area contributed by atoms with E-state index < -0.39 is 5.60 Å². The predicted molar refractivity (Wildman–Crippen MR) is 109 cm³/mol. The number of carbonyl (C=O) groups is 1. The summed E-state index contributed by atoms with van der Waals surface area (Å²) >= 11 is 6.14. The number of para-hydroxylation sites is 1. The van der Waals surface area contributed by atoms with Crippen molar-refractivity contribution in [2.75, 3.05) is 36.0 Å². The highest BCUT2D eigenvalue weighted by atomic mass is 35.5. The molecule has 0 aliphatic carbocycles. The first-order valence-corrected chi connectivity index (χ1v) is 9.67. The van der Waals surface area contributed by atoms with Crippen LogP contribution in [0.25, 0.3) is 0 Å². The fourth-order valence-electron chi connectivity index (χ4n) is 3.69. The number of nitrogens with one attached hydrogen (secondary N) is 1. The molecule has 2 aromatic rings. The lowest BCUT2D eigenvalue weighted by Crippen LogP contribution is -2.52. The quantitative estimate of drug-likeness (QED) is 0.878. The SMILES string of the molecule is CC1(C)Oc2c(N3CCNCC3)cccc2N(Cc2cccc(Cl)c2)C1=O. The van der Waals surface area contributed by atoms with Crippen molar-refractivity contribution < 1.29 is 9.53 Å². The molecule has 2 aliphatic rings. The van der Waals surface area contributed by atoms with E-state index in [2.05, 4.69) is 16.3 Å². The summed E-state index contributed by atoms with van der Waals surface area (Å²) in [5.41, 5.74) is 1.93. The number of anilines is 2. The molecule has 1 N–H and O–H groups in total.